The lowest BCUT2D eigenvalue weighted by molar-refractivity contribution is 1.32. The molecule has 1 nitrogen and oxygen atoms in total. The molecule has 0 aliphatic carbocycles. The van der Waals surface area contributed by atoms with Gasteiger partial charge in [-0.2, -0.15) is 0 Å². The summed E-state index contributed by atoms with van der Waals surface area (Å²) in [5.41, 5.74) is 9.08. The molecule has 29 heavy (non-hydrogen) atoms. The molecular weight excluding hydrogens is 350 g/mol. The Morgan fingerprint density at radius 2 is 0.966 bits per heavy atom. The fraction of sp³-hybridized carbons (Fsp3) is 0.0357. The first-order chi connectivity index (χ1) is 14.2. The molecule has 0 atom stereocenters. The summed E-state index contributed by atoms with van der Waals surface area (Å²) in [6.45, 7) is 2.09. The number of hydrogen-bond acceptors (Lipinski definition) is 1. The van der Waals surface area contributed by atoms with Gasteiger partial charge in [0.25, 0.3) is 0 Å². The van der Waals surface area contributed by atoms with Crippen LogP contribution in [0.5, 0.6) is 0 Å². The van der Waals surface area contributed by atoms with Crippen LogP contribution in [0.1, 0.15) is 16.7 Å². The second-order valence-electron chi connectivity index (χ2n) is 6.94. The average molecular weight is 369 g/mol. The lowest BCUT2D eigenvalue weighted by Crippen LogP contribution is -1.92. The molecule has 1 heterocycles. The van der Waals surface area contributed by atoms with Gasteiger partial charge in [0.05, 0.1) is 11.4 Å². The van der Waals surface area contributed by atoms with Gasteiger partial charge in [-0.1, -0.05) is 65.9 Å². The van der Waals surface area contributed by atoms with Crippen molar-refractivity contribution in [3.05, 3.63) is 102 Å². The van der Waals surface area contributed by atoms with Gasteiger partial charge in [-0.3, -0.25) is 0 Å². The van der Waals surface area contributed by atoms with Crippen molar-refractivity contribution < 1.29 is 0 Å². The topological polar surface area (TPSA) is 12.9 Å². The number of rotatable bonds is 3. The zero-order valence-corrected chi connectivity index (χ0v) is 16.2. The van der Waals surface area contributed by atoms with Gasteiger partial charge < -0.3 is 0 Å². The van der Waals surface area contributed by atoms with Crippen molar-refractivity contribution in [2.24, 2.45) is 0 Å². The molecule has 1 aromatic heterocycles. The van der Waals surface area contributed by atoms with Gasteiger partial charge in [0.1, 0.15) is 0 Å². The van der Waals surface area contributed by atoms with E-state index in [9.17, 15) is 0 Å². The van der Waals surface area contributed by atoms with Gasteiger partial charge in [0, 0.05) is 22.3 Å². The van der Waals surface area contributed by atoms with Crippen molar-refractivity contribution in [1.29, 1.82) is 0 Å². The maximum atomic E-state index is 5.49. The molecule has 0 aliphatic rings. The van der Waals surface area contributed by atoms with Crippen LogP contribution in [0.3, 0.4) is 0 Å². The summed E-state index contributed by atoms with van der Waals surface area (Å²) in [4.78, 5) is 4.92. The molecule has 1 heteroatoms. The van der Waals surface area contributed by atoms with Crippen molar-refractivity contribution in [3.8, 4) is 58.3 Å². The molecule has 0 bridgehead atoms. The van der Waals surface area contributed by atoms with E-state index in [2.05, 4.69) is 55.2 Å². The quantitative estimate of drug-likeness (QED) is 0.383. The highest BCUT2D eigenvalue weighted by molar-refractivity contribution is 5.77. The first-order valence-electron chi connectivity index (χ1n) is 9.39. The van der Waals surface area contributed by atoms with Crippen LogP contribution >= 0.6 is 0 Å². The lowest BCUT2D eigenvalue weighted by Gasteiger charge is -2.11. The summed E-state index contributed by atoms with van der Waals surface area (Å²) < 4.78 is 0. The van der Waals surface area contributed by atoms with Crippen molar-refractivity contribution in [2.45, 2.75) is 6.92 Å². The summed E-state index contributed by atoms with van der Waals surface area (Å²) in [5.74, 6) is 5.32. The Bertz CT molecular complexity index is 1150. The van der Waals surface area contributed by atoms with Crippen LogP contribution in [-0.2, 0) is 0 Å². The molecule has 0 aliphatic heterocycles. The Kier molecular flexibility index (Phi) is 4.98. The number of terminal acetylenes is 2. The third-order valence-electron chi connectivity index (χ3n) is 4.90. The molecule has 0 saturated carbocycles. The molecule has 0 spiro atoms. The number of aromatic nitrogens is 1. The number of benzene rings is 3. The molecule has 3 aromatic carbocycles. The van der Waals surface area contributed by atoms with E-state index in [0.717, 1.165) is 44.8 Å². The molecule has 0 N–H and O–H groups in total. The first kappa shape index (κ1) is 18.3. The van der Waals surface area contributed by atoms with Crippen molar-refractivity contribution in [2.75, 3.05) is 0 Å². The van der Waals surface area contributed by atoms with E-state index in [4.69, 9.17) is 17.8 Å². The minimum atomic E-state index is 0.855. The number of hydrogen-bond donors (Lipinski definition) is 0. The molecular formula is C28H19N. The molecule has 0 amide bonds. The molecule has 0 fully saturated rings. The Morgan fingerprint density at radius 3 is 1.38 bits per heavy atom. The summed E-state index contributed by atoms with van der Waals surface area (Å²) >= 11 is 0. The highest BCUT2D eigenvalue weighted by atomic mass is 14.7. The van der Waals surface area contributed by atoms with Crippen LogP contribution in [0.2, 0.25) is 0 Å². The van der Waals surface area contributed by atoms with Gasteiger partial charge in [0.2, 0.25) is 0 Å². The van der Waals surface area contributed by atoms with Gasteiger partial charge in [0.15, 0.2) is 0 Å². The normalized spacial score (nSPS) is 10.2. The van der Waals surface area contributed by atoms with E-state index < -0.39 is 0 Å². The second kappa shape index (κ2) is 7.89. The lowest BCUT2D eigenvalue weighted by atomic mass is 9.98. The summed E-state index contributed by atoms with van der Waals surface area (Å²) in [7, 11) is 0. The molecule has 4 aromatic rings. The fourth-order valence-corrected chi connectivity index (χ4v) is 3.21. The van der Waals surface area contributed by atoms with Crippen molar-refractivity contribution >= 4 is 0 Å². The van der Waals surface area contributed by atoms with Crippen LogP contribution in [0.4, 0.5) is 0 Å². The van der Waals surface area contributed by atoms with E-state index in [1.54, 1.807) is 0 Å². The average Bonchev–Trinajstić information content (AvgIpc) is 2.79. The summed E-state index contributed by atoms with van der Waals surface area (Å²) in [6, 6.07) is 28.6. The molecule has 0 unspecified atom stereocenters. The molecule has 4 rings (SSSR count). The van der Waals surface area contributed by atoms with Crippen LogP contribution in [0.15, 0.2) is 84.9 Å². The smallest absolute Gasteiger partial charge is 0.0715 e. The Balaban J connectivity index is 1.87. The van der Waals surface area contributed by atoms with Crippen LogP contribution in [0, 0.1) is 31.6 Å². The minimum Gasteiger partial charge on any atom is -0.248 e. The Labute approximate surface area is 172 Å². The van der Waals surface area contributed by atoms with E-state index >= 15 is 0 Å². The third-order valence-corrected chi connectivity index (χ3v) is 4.90. The van der Waals surface area contributed by atoms with Gasteiger partial charge in [-0.15, -0.1) is 12.8 Å². The predicted molar refractivity (Wildman–Crippen MR) is 121 cm³/mol. The van der Waals surface area contributed by atoms with E-state index in [1.807, 2.05) is 48.5 Å². The highest BCUT2D eigenvalue weighted by Crippen LogP contribution is 2.30. The summed E-state index contributed by atoms with van der Waals surface area (Å²) in [6.07, 6.45) is 11.0. The first-order valence-corrected chi connectivity index (χ1v) is 9.39. The van der Waals surface area contributed by atoms with Crippen molar-refractivity contribution in [1.82, 2.24) is 4.98 Å². The maximum Gasteiger partial charge on any atom is 0.0715 e. The van der Waals surface area contributed by atoms with Gasteiger partial charge in [-0.05, 0) is 54.4 Å². The Morgan fingerprint density at radius 1 is 0.552 bits per heavy atom. The summed E-state index contributed by atoms with van der Waals surface area (Å²) in [5, 5.41) is 0. The van der Waals surface area contributed by atoms with Gasteiger partial charge >= 0.3 is 0 Å². The SMILES string of the molecule is C#Cc1ccc(-c2cc(-c3ccc(C)cc3)cc(-c3ccc(C#C)cc3)n2)cc1. The monoisotopic (exact) mass is 369 g/mol. The van der Waals surface area contributed by atoms with Crippen LogP contribution in [0.25, 0.3) is 33.6 Å². The minimum absolute atomic E-state index is 0.855. The zero-order valence-electron chi connectivity index (χ0n) is 16.2. The van der Waals surface area contributed by atoms with E-state index in [1.165, 1.54) is 5.56 Å². The van der Waals surface area contributed by atoms with E-state index in [0.29, 0.717) is 0 Å². The standard InChI is InChI=1S/C28H19N/c1-4-21-8-14-24(15-9-21)27-18-26(23-12-6-20(3)7-13-23)19-28(29-27)25-16-10-22(5-2)11-17-25/h1-2,6-19H,3H3. The molecule has 0 radical (unpaired) electrons. The highest BCUT2D eigenvalue weighted by Gasteiger charge is 2.09. The van der Waals surface area contributed by atoms with Crippen LogP contribution < -0.4 is 0 Å². The van der Waals surface area contributed by atoms with Gasteiger partial charge in [-0.25, -0.2) is 4.98 Å². The third kappa shape index (κ3) is 3.96. The second-order valence-corrected chi connectivity index (χ2v) is 6.94. The number of nitrogens with zero attached hydrogens (tertiary/aromatic N) is 1. The fourth-order valence-electron chi connectivity index (χ4n) is 3.21. The maximum absolute atomic E-state index is 5.49. The molecule has 0 saturated heterocycles. The number of aryl methyl sites for hydroxylation is 1. The predicted octanol–water partition coefficient (Wildman–Crippen LogP) is 6.35. The van der Waals surface area contributed by atoms with E-state index in [-0.39, 0.29) is 0 Å². The van der Waals surface area contributed by atoms with Crippen molar-refractivity contribution in [3.63, 3.8) is 0 Å². The zero-order chi connectivity index (χ0) is 20.2. The van der Waals surface area contributed by atoms with Crippen LogP contribution in [-0.4, -0.2) is 4.98 Å². The molecule has 136 valence electrons. The largest absolute Gasteiger partial charge is 0.248 e. The number of pyridine rings is 1. The Hall–Kier alpha value is -4.07.